The molecule has 100 valence electrons. The van der Waals surface area contributed by atoms with Gasteiger partial charge in [0.2, 0.25) is 5.88 Å². The van der Waals surface area contributed by atoms with Crippen LogP contribution in [0.25, 0.3) is 0 Å². The molecule has 0 aliphatic rings. The fraction of sp³-hybridized carbons (Fsp3) is 0.154. The van der Waals surface area contributed by atoms with Crippen LogP contribution in [0.1, 0.15) is 11.3 Å². The van der Waals surface area contributed by atoms with Gasteiger partial charge < -0.3 is 10.5 Å². The quantitative estimate of drug-likeness (QED) is 0.843. The van der Waals surface area contributed by atoms with Crippen molar-refractivity contribution in [1.82, 2.24) is 4.98 Å². The van der Waals surface area contributed by atoms with Crippen molar-refractivity contribution in [3.05, 3.63) is 47.7 Å². The third kappa shape index (κ3) is 2.96. The van der Waals surface area contributed by atoms with Crippen molar-refractivity contribution in [2.75, 3.05) is 5.73 Å². The molecule has 0 saturated heterocycles. The van der Waals surface area contributed by atoms with E-state index < -0.39 is 11.9 Å². The molecule has 0 spiro atoms. The summed E-state index contributed by atoms with van der Waals surface area (Å²) in [6, 6.07) is 8.45. The van der Waals surface area contributed by atoms with E-state index in [0.29, 0.717) is 17.0 Å². The lowest BCUT2D eigenvalue weighted by Gasteiger charge is -2.11. The number of alkyl halides is 3. The molecule has 1 aromatic carbocycles. The molecule has 3 nitrogen and oxygen atoms in total. The van der Waals surface area contributed by atoms with Crippen LogP contribution in [0.4, 0.5) is 18.9 Å². The maximum Gasteiger partial charge on any atom is 0.433 e. The molecule has 2 N–H and O–H groups in total. The molecule has 2 rings (SSSR count). The lowest BCUT2D eigenvalue weighted by molar-refractivity contribution is -0.141. The number of nitrogens with zero attached hydrogens (tertiary/aromatic N) is 1. The van der Waals surface area contributed by atoms with Crippen molar-refractivity contribution in [3.63, 3.8) is 0 Å². The lowest BCUT2D eigenvalue weighted by atomic mass is 10.2. The third-order valence-electron chi connectivity index (χ3n) is 2.55. The van der Waals surface area contributed by atoms with Crippen molar-refractivity contribution in [2.45, 2.75) is 13.1 Å². The average molecular weight is 268 g/mol. The van der Waals surface area contributed by atoms with Crippen molar-refractivity contribution < 1.29 is 17.9 Å². The van der Waals surface area contributed by atoms with E-state index in [4.69, 9.17) is 10.5 Å². The Hall–Kier alpha value is -2.24. The van der Waals surface area contributed by atoms with Crippen LogP contribution < -0.4 is 10.5 Å². The molecule has 0 aliphatic heterocycles. The monoisotopic (exact) mass is 268 g/mol. The highest BCUT2D eigenvalue weighted by molar-refractivity contribution is 5.53. The van der Waals surface area contributed by atoms with Crippen LogP contribution in [0, 0.1) is 6.92 Å². The highest BCUT2D eigenvalue weighted by atomic mass is 19.4. The van der Waals surface area contributed by atoms with Crippen LogP contribution in [-0.4, -0.2) is 4.98 Å². The van der Waals surface area contributed by atoms with Crippen LogP contribution in [0.3, 0.4) is 0 Å². The molecule has 0 fully saturated rings. The number of ether oxygens (including phenoxy) is 1. The van der Waals surface area contributed by atoms with E-state index in [1.807, 2.05) is 0 Å². The zero-order chi connectivity index (χ0) is 14.0. The molecule has 0 atom stereocenters. The Morgan fingerprint density at radius 3 is 2.47 bits per heavy atom. The van der Waals surface area contributed by atoms with E-state index in [1.165, 1.54) is 12.1 Å². The third-order valence-corrected chi connectivity index (χ3v) is 2.55. The minimum Gasteiger partial charge on any atom is -0.439 e. The molecular weight excluding hydrogens is 257 g/mol. The Kier molecular flexibility index (Phi) is 3.33. The molecule has 0 radical (unpaired) electrons. The first kappa shape index (κ1) is 13.2. The Bertz CT molecular complexity index is 597. The van der Waals surface area contributed by atoms with E-state index in [9.17, 15) is 13.2 Å². The second-order valence-electron chi connectivity index (χ2n) is 3.93. The topological polar surface area (TPSA) is 48.1 Å². The van der Waals surface area contributed by atoms with Gasteiger partial charge in [-0.25, -0.2) is 4.98 Å². The van der Waals surface area contributed by atoms with Gasteiger partial charge in [0.1, 0.15) is 11.4 Å². The van der Waals surface area contributed by atoms with Gasteiger partial charge in [0.15, 0.2) is 0 Å². The summed E-state index contributed by atoms with van der Waals surface area (Å²) >= 11 is 0. The summed E-state index contributed by atoms with van der Waals surface area (Å²) < 4.78 is 42.9. The van der Waals surface area contributed by atoms with Gasteiger partial charge in [-0.05, 0) is 25.1 Å². The van der Waals surface area contributed by atoms with Crippen LogP contribution >= 0.6 is 0 Å². The number of halogens is 3. The van der Waals surface area contributed by atoms with E-state index in [1.54, 1.807) is 25.1 Å². The Morgan fingerprint density at radius 2 is 1.79 bits per heavy atom. The largest absolute Gasteiger partial charge is 0.439 e. The summed E-state index contributed by atoms with van der Waals surface area (Å²) in [6.07, 6.45) is -4.50. The Labute approximate surface area is 107 Å². The summed E-state index contributed by atoms with van der Waals surface area (Å²) in [6.45, 7) is 1.72. The number of anilines is 1. The number of hydrogen-bond donors (Lipinski definition) is 1. The minimum atomic E-state index is -4.50. The highest BCUT2D eigenvalue weighted by Crippen LogP contribution is 2.31. The van der Waals surface area contributed by atoms with E-state index in [0.717, 1.165) is 6.07 Å². The van der Waals surface area contributed by atoms with Crippen molar-refractivity contribution in [2.24, 2.45) is 0 Å². The van der Waals surface area contributed by atoms with Crippen molar-refractivity contribution in [3.8, 4) is 11.6 Å². The molecule has 0 saturated carbocycles. The molecule has 0 unspecified atom stereocenters. The summed E-state index contributed by atoms with van der Waals surface area (Å²) in [5, 5.41) is 0. The molecule has 1 aromatic heterocycles. The van der Waals surface area contributed by atoms with Gasteiger partial charge in [0.05, 0.1) is 0 Å². The molecule has 19 heavy (non-hydrogen) atoms. The van der Waals surface area contributed by atoms with Gasteiger partial charge in [0, 0.05) is 17.3 Å². The lowest BCUT2D eigenvalue weighted by Crippen LogP contribution is -2.08. The number of pyridine rings is 1. The first-order valence-electron chi connectivity index (χ1n) is 5.45. The second-order valence-corrected chi connectivity index (χ2v) is 3.93. The molecule has 6 heteroatoms. The van der Waals surface area contributed by atoms with Gasteiger partial charge in [0.25, 0.3) is 0 Å². The summed E-state index contributed by atoms with van der Waals surface area (Å²) in [4.78, 5) is 3.42. The van der Waals surface area contributed by atoms with Crippen LogP contribution in [-0.2, 0) is 6.18 Å². The molecular formula is C13H11F3N2O. The molecule has 1 heterocycles. The fourth-order valence-corrected chi connectivity index (χ4v) is 1.48. The normalized spacial score (nSPS) is 11.4. The molecule has 0 amide bonds. The molecule has 0 aliphatic carbocycles. The first-order chi connectivity index (χ1) is 8.88. The van der Waals surface area contributed by atoms with Gasteiger partial charge in [-0.1, -0.05) is 12.1 Å². The Morgan fingerprint density at radius 1 is 1.11 bits per heavy atom. The predicted molar refractivity (Wildman–Crippen MR) is 64.9 cm³/mol. The molecule has 0 bridgehead atoms. The van der Waals surface area contributed by atoms with Gasteiger partial charge >= 0.3 is 6.18 Å². The standard InChI is InChI=1S/C13H11F3N2O/c1-8-9(17)4-2-5-10(8)19-12-7-3-6-11(18-12)13(14,15)16/h2-7H,17H2,1H3. The highest BCUT2D eigenvalue weighted by Gasteiger charge is 2.32. The maximum absolute atomic E-state index is 12.5. The van der Waals surface area contributed by atoms with Gasteiger partial charge in [-0.3, -0.25) is 0 Å². The number of nitrogen functional groups attached to an aromatic ring is 1. The number of nitrogens with two attached hydrogens (primary N) is 1. The summed E-state index contributed by atoms with van der Waals surface area (Å²) in [5.74, 6) is 0.260. The van der Waals surface area contributed by atoms with E-state index in [-0.39, 0.29) is 5.88 Å². The Balaban J connectivity index is 2.31. The summed E-state index contributed by atoms with van der Waals surface area (Å²) in [7, 11) is 0. The average Bonchev–Trinajstić information content (AvgIpc) is 2.34. The maximum atomic E-state index is 12.5. The second kappa shape index (κ2) is 4.79. The van der Waals surface area contributed by atoms with Gasteiger partial charge in [-0.15, -0.1) is 0 Å². The zero-order valence-corrected chi connectivity index (χ0v) is 10.0. The van der Waals surface area contributed by atoms with Crippen LogP contribution in [0.2, 0.25) is 0 Å². The van der Waals surface area contributed by atoms with Crippen LogP contribution in [0.5, 0.6) is 11.6 Å². The SMILES string of the molecule is Cc1c(N)cccc1Oc1cccc(C(F)(F)F)n1. The number of benzene rings is 1. The van der Waals surface area contributed by atoms with E-state index >= 15 is 0 Å². The molecule has 2 aromatic rings. The van der Waals surface area contributed by atoms with Crippen molar-refractivity contribution >= 4 is 5.69 Å². The van der Waals surface area contributed by atoms with Gasteiger partial charge in [-0.2, -0.15) is 13.2 Å². The summed E-state index contributed by atoms with van der Waals surface area (Å²) in [5.41, 5.74) is 5.86. The number of hydrogen-bond acceptors (Lipinski definition) is 3. The zero-order valence-electron chi connectivity index (χ0n) is 10.0. The fourth-order valence-electron chi connectivity index (χ4n) is 1.48. The smallest absolute Gasteiger partial charge is 0.433 e. The van der Waals surface area contributed by atoms with Crippen molar-refractivity contribution in [1.29, 1.82) is 0 Å². The van der Waals surface area contributed by atoms with Crippen LogP contribution in [0.15, 0.2) is 36.4 Å². The first-order valence-corrected chi connectivity index (χ1v) is 5.45. The number of aromatic nitrogens is 1. The predicted octanol–water partition coefficient (Wildman–Crippen LogP) is 3.78. The van der Waals surface area contributed by atoms with E-state index in [2.05, 4.69) is 4.98 Å². The number of rotatable bonds is 2. The minimum absolute atomic E-state index is 0.122.